The van der Waals surface area contributed by atoms with Crippen LogP contribution in [-0.4, -0.2) is 21.3 Å². The molecule has 164 valence electrons. The van der Waals surface area contributed by atoms with Gasteiger partial charge in [0.15, 0.2) is 0 Å². The van der Waals surface area contributed by atoms with E-state index in [0.717, 1.165) is 29.7 Å². The maximum atomic E-state index is 15.6. The number of nitrogens with one attached hydrogen (secondary N) is 1. The molecular formula is C22H21F3N2O3S. The Morgan fingerprint density at radius 3 is 2.68 bits per heavy atom. The number of H-pyrrole nitrogens is 1. The number of aryl methyl sites for hydroxylation is 2. The molecule has 1 saturated carbocycles. The number of alkyl halides is 2. The van der Waals surface area contributed by atoms with Gasteiger partial charge in [0, 0.05) is 33.9 Å². The Labute approximate surface area is 179 Å². The minimum atomic E-state index is -3.21. The van der Waals surface area contributed by atoms with Crippen LogP contribution in [0.1, 0.15) is 65.6 Å². The highest BCUT2D eigenvalue weighted by Gasteiger charge is 2.34. The van der Waals surface area contributed by atoms with Crippen molar-refractivity contribution < 1.29 is 18.3 Å². The molecule has 0 radical (unpaired) electrons. The predicted molar refractivity (Wildman–Crippen MR) is 113 cm³/mol. The molecule has 2 aliphatic carbocycles. The van der Waals surface area contributed by atoms with Gasteiger partial charge in [0.05, 0.1) is 16.5 Å². The molecule has 1 atom stereocenters. The lowest BCUT2D eigenvalue weighted by atomic mass is 9.87. The van der Waals surface area contributed by atoms with Crippen LogP contribution >= 0.6 is 11.3 Å². The molecule has 2 aromatic heterocycles. The molecule has 5 nitrogen and oxygen atoms in total. The molecule has 0 spiro atoms. The van der Waals surface area contributed by atoms with Crippen LogP contribution in [0.15, 0.2) is 15.7 Å². The highest BCUT2D eigenvalue weighted by molar-refractivity contribution is 7.15. The van der Waals surface area contributed by atoms with Crippen LogP contribution in [-0.2, 0) is 6.42 Å². The van der Waals surface area contributed by atoms with E-state index in [0.29, 0.717) is 23.3 Å². The largest absolute Gasteiger partial charge is 0.396 e. The van der Waals surface area contributed by atoms with E-state index >= 15 is 4.39 Å². The zero-order valence-electron chi connectivity index (χ0n) is 16.8. The Morgan fingerprint density at radius 1 is 1.29 bits per heavy atom. The molecule has 1 aromatic carbocycles. The third-order valence-electron chi connectivity index (χ3n) is 6.43. The van der Waals surface area contributed by atoms with Gasteiger partial charge in [0.2, 0.25) is 0 Å². The molecule has 2 heterocycles. The second kappa shape index (κ2) is 7.34. The van der Waals surface area contributed by atoms with Crippen molar-refractivity contribution in [3.63, 3.8) is 0 Å². The molecule has 3 aromatic rings. The van der Waals surface area contributed by atoms with Gasteiger partial charge in [-0.15, -0.1) is 11.3 Å². The van der Waals surface area contributed by atoms with Gasteiger partial charge in [0.25, 0.3) is 12.0 Å². The average Bonchev–Trinajstić information content (AvgIpc) is 3.46. The minimum absolute atomic E-state index is 0.0123. The standard InChI is InChI=1S/C22H21F3N2O3S/c1-9-15(14-7-12-10(8-28)3-2-4-13(12)31-14)18(23)16(20(24)25)17-19(9)27(11-5-6-11)22(30)26-21(17)29/h7,10-11,20,28H,2-6,8H2,1H3,(H,26,29,30). The van der Waals surface area contributed by atoms with Gasteiger partial charge in [-0.2, -0.15) is 0 Å². The van der Waals surface area contributed by atoms with Crippen molar-refractivity contribution in [2.45, 2.75) is 57.4 Å². The van der Waals surface area contributed by atoms with Crippen LogP contribution < -0.4 is 11.2 Å². The van der Waals surface area contributed by atoms with E-state index in [9.17, 15) is 23.5 Å². The summed E-state index contributed by atoms with van der Waals surface area (Å²) in [4.78, 5) is 28.7. The van der Waals surface area contributed by atoms with Gasteiger partial charge < -0.3 is 5.11 Å². The van der Waals surface area contributed by atoms with Crippen LogP contribution in [0, 0.1) is 12.7 Å². The summed E-state index contributed by atoms with van der Waals surface area (Å²) in [5.74, 6) is -1.18. The molecule has 0 saturated heterocycles. The van der Waals surface area contributed by atoms with E-state index in [2.05, 4.69) is 4.98 Å². The molecule has 9 heteroatoms. The number of aliphatic hydroxyl groups excluding tert-OH is 1. The smallest absolute Gasteiger partial charge is 0.329 e. The quantitative estimate of drug-likeness (QED) is 0.612. The summed E-state index contributed by atoms with van der Waals surface area (Å²) in [6.45, 7) is 1.55. The predicted octanol–water partition coefficient (Wildman–Crippen LogP) is 4.55. The molecule has 1 unspecified atom stereocenters. The lowest BCUT2D eigenvalue weighted by Gasteiger charge is -2.19. The number of rotatable bonds is 4. The number of fused-ring (bicyclic) bond motifs is 2. The maximum absolute atomic E-state index is 15.6. The summed E-state index contributed by atoms with van der Waals surface area (Å²) < 4.78 is 45.0. The Balaban J connectivity index is 1.89. The van der Waals surface area contributed by atoms with Crippen molar-refractivity contribution in [2.24, 2.45) is 0 Å². The van der Waals surface area contributed by atoms with E-state index in [1.165, 1.54) is 15.9 Å². The average molecular weight is 450 g/mol. The van der Waals surface area contributed by atoms with Crippen LogP contribution in [0.4, 0.5) is 13.2 Å². The molecular weight excluding hydrogens is 429 g/mol. The van der Waals surface area contributed by atoms with Gasteiger partial charge in [-0.3, -0.25) is 14.3 Å². The summed E-state index contributed by atoms with van der Waals surface area (Å²) in [5, 5.41) is 9.26. The monoisotopic (exact) mass is 450 g/mol. The highest BCUT2D eigenvalue weighted by atomic mass is 32.1. The van der Waals surface area contributed by atoms with Crippen molar-refractivity contribution in [3.8, 4) is 10.4 Å². The van der Waals surface area contributed by atoms with Crippen molar-refractivity contribution in [1.82, 2.24) is 9.55 Å². The summed E-state index contributed by atoms with van der Waals surface area (Å²) in [6.07, 6.45) is 0.686. The van der Waals surface area contributed by atoms with E-state index in [1.807, 2.05) is 0 Å². The first-order valence-corrected chi connectivity index (χ1v) is 11.2. The number of aliphatic hydroxyl groups is 1. The Kier molecular flexibility index (Phi) is 4.86. The van der Waals surface area contributed by atoms with Crippen LogP contribution in [0.3, 0.4) is 0 Å². The Hall–Kier alpha value is -2.39. The molecule has 5 rings (SSSR count). The number of hydrogen-bond donors (Lipinski definition) is 2. The highest BCUT2D eigenvalue weighted by Crippen LogP contribution is 2.46. The fraction of sp³-hybridized carbons (Fsp3) is 0.455. The first-order chi connectivity index (χ1) is 14.8. The number of aromatic nitrogens is 2. The summed E-state index contributed by atoms with van der Waals surface area (Å²) in [5.41, 5.74) is -1.27. The van der Waals surface area contributed by atoms with Crippen LogP contribution in [0.25, 0.3) is 21.3 Å². The van der Waals surface area contributed by atoms with Gasteiger partial charge in [-0.05, 0) is 56.2 Å². The first-order valence-electron chi connectivity index (χ1n) is 10.4. The zero-order valence-corrected chi connectivity index (χ0v) is 17.6. The normalized spacial score (nSPS) is 18.7. The summed E-state index contributed by atoms with van der Waals surface area (Å²) >= 11 is 1.33. The molecule has 0 amide bonds. The minimum Gasteiger partial charge on any atom is -0.396 e. The summed E-state index contributed by atoms with van der Waals surface area (Å²) in [6, 6.07) is 1.59. The van der Waals surface area contributed by atoms with Crippen LogP contribution in [0.2, 0.25) is 0 Å². The second-order valence-corrected chi connectivity index (χ2v) is 9.51. The lowest BCUT2D eigenvalue weighted by molar-refractivity contribution is 0.148. The molecule has 31 heavy (non-hydrogen) atoms. The van der Waals surface area contributed by atoms with Crippen molar-refractivity contribution in [1.29, 1.82) is 0 Å². The van der Waals surface area contributed by atoms with Gasteiger partial charge in [-0.25, -0.2) is 18.0 Å². The zero-order chi connectivity index (χ0) is 22.0. The first kappa shape index (κ1) is 20.5. The topological polar surface area (TPSA) is 75.1 Å². The summed E-state index contributed by atoms with van der Waals surface area (Å²) in [7, 11) is 0. The van der Waals surface area contributed by atoms with E-state index in [1.54, 1.807) is 13.0 Å². The molecule has 2 N–H and O–H groups in total. The maximum Gasteiger partial charge on any atom is 0.329 e. The molecule has 0 aliphatic heterocycles. The Morgan fingerprint density at radius 2 is 2.03 bits per heavy atom. The van der Waals surface area contributed by atoms with Crippen molar-refractivity contribution >= 4 is 22.2 Å². The van der Waals surface area contributed by atoms with Gasteiger partial charge in [-0.1, -0.05) is 0 Å². The lowest BCUT2D eigenvalue weighted by Crippen LogP contribution is -2.31. The van der Waals surface area contributed by atoms with E-state index in [-0.39, 0.29) is 29.6 Å². The number of halogens is 3. The molecule has 2 aliphatic rings. The van der Waals surface area contributed by atoms with E-state index < -0.39 is 34.4 Å². The fourth-order valence-corrected chi connectivity index (χ4v) is 6.22. The van der Waals surface area contributed by atoms with Crippen LogP contribution in [0.5, 0.6) is 0 Å². The number of nitrogens with zero attached hydrogens (tertiary/aromatic N) is 1. The van der Waals surface area contributed by atoms with Crippen molar-refractivity contribution in [3.05, 3.63) is 54.3 Å². The molecule has 0 bridgehead atoms. The number of thiophene rings is 1. The third kappa shape index (κ3) is 3.09. The number of hydrogen-bond acceptors (Lipinski definition) is 4. The fourth-order valence-electron chi connectivity index (χ4n) is 4.83. The van der Waals surface area contributed by atoms with Gasteiger partial charge >= 0.3 is 5.69 Å². The molecule has 1 fully saturated rings. The number of aromatic amines is 1. The van der Waals surface area contributed by atoms with Gasteiger partial charge in [0.1, 0.15) is 5.82 Å². The van der Waals surface area contributed by atoms with Crippen molar-refractivity contribution in [2.75, 3.05) is 6.61 Å². The number of benzene rings is 1. The third-order valence-corrected chi connectivity index (χ3v) is 7.66. The Bertz CT molecular complexity index is 1320. The second-order valence-electron chi connectivity index (χ2n) is 8.37. The van der Waals surface area contributed by atoms with E-state index in [4.69, 9.17) is 0 Å². The SMILES string of the molecule is Cc1c(-c2cc3c(s2)CCCC3CO)c(F)c(C(F)F)c2c(=O)[nH]c(=O)n(C3CC3)c12.